The van der Waals surface area contributed by atoms with E-state index in [1.165, 1.54) is 17.4 Å². The third-order valence-electron chi connectivity index (χ3n) is 5.50. The van der Waals surface area contributed by atoms with E-state index in [-0.39, 0.29) is 18.2 Å². The Morgan fingerprint density at radius 3 is 2.48 bits per heavy atom. The molecule has 0 aliphatic heterocycles. The van der Waals surface area contributed by atoms with Crippen LogP contribution in [0, 0.1) is 0 Å². The summed E-state index contributed by atoms with van der Waals surface area (Å²) in [4.78, 5) is 24.1. The fourth-order valence-corrected chi connectivity index (χ4v) is 3.78. The van der Waals surface area contributed by atoms with Gasteiger partial charge in [-0.25, -0.2) is 4.79 Å². The number of hydrogen-bond acceptors (Lipinski definition) is 3. The van der Waals surface area contributed by atoms with Gasteiger partial charge in [-0.15, -0.1) is 0 Å². The van der Waals surface area contributed by atoms with Gasteiger partial charge in [-0.2, -0.15) is 0 Å². The number of carbonyl (C=O) groups excluding carboxylic acids is 1. The predicted molar refractivity (Wildman–Crippen MR) is 122 cm³/mol. The van der Waals surface area contributed by atoms with Crippen LogP contribution < -0.4 is 5.32 Å². The van der Waals surface area contributed by atoms with Crippen molar-refractivity contribution in [3.05, 3.63) is 60.3 Å². The minimum absolute atomic E-state index is 0.0535. The molecule has 0 saturated heterocycles. The third kappa shape index (κ3) is 5.87. The second-order valence-corrected chi connectivity index (χ2v) is 7.92. The molecule has 0 fully saturated rings. The molecule has 0 unspecified atom stereocenters. The lowest BCUT2D eigenvalue weighted by Crippen LogP contribution is -2.20. The molecule has 31 heavy (non-hydrogen) atoms. The number of carboxylic acids is 1. The van der Waals surface area contributed by atoms with E-state index in [9.17, 15) is 19.8 Å². The molecule has 164 valence electrons. The molecule has 1 heterocycles. The van der Waals surface area contributed by atoms with Crippen molar-refractivity contribution in [1.29, 1.82) is 0 Å². The Bertz CT molecular complexity index is 1030. The van der Waals surface area contributed by atoms with Crippen molar-refractivity contribution in [2.24, 2.45) is 0 Å². The van der Waals surface area contributed by atoms with Crippen molar-refractivity contribution in [3.8, 4) is 5.88 Å². The lowest BCUT2D eigenvalue weighted by molar-refractivity contribution is -0.141. The average molecular weight is 423 g/mol. The van der Waals surface area contributed by atoms with Gasteiger partial charge in [0.2, 0.25) is 5.91 Å². The molecular formula is C25H30N2O4. The Morgan fingerprint density at radius 1 is 1.03 bits per heavy atom. The molecule has 0 saturated carbocycles. The average Bonchev–Trinajstić information content (AvgIpc) is 3.08. The van der Waals surface area contributed by atoms with Gasteiger partial charge in [0.1, 0.15) is 6.04 Å². The molecule has 2 aromatic carbocycles. The van der Waals surface area contributed by atoms with Crippen LogP contribution in [0.5, 0.6) is 5.88 Å². The van der Waals surface area contributed by atoms with Gasteiger partial charge >= 0.3 is 5.97 Å². The second kappa shape index (κ2) is 10.7. The monoisotopic (exact) mass is 422 g/mol. The molecule has 0 aliphatic rings. The van der Waals surface area contributed by atoms with Crippen LogP contribution in [0.25, 0.3) is 10.8 Å². The molecule has 1 amide bonds. The minimum Gasteiger partial charge on any atom is -0.494 e. The van der Waals surface area contributed by atoms with Gasteiger partial charge in [0.25, 0.3) is 0 Å². The number of carbonyl (C=O) groups is 2. The summed E-state index contributed by atoms with van der Waals surface area (Å²) in [6.45, 7) is 2.16. The number of aromatic nitrogens is 1. The zero-order valence-corrected chi connectivity index (χ0v) is 17.9. The van der Waals surface area contributed by atoms with Gasteiger partial charge in [0, 0.05) is 35.5 Å². The summed E-state index contributed by atoms with van der Waals surface area (Å²) in [7, 11) is 0. The molecule has 0 bridgehead atoms. The summed E-state index contributed by atoms with van der Waals surface area (Å²) in [6.07, 6.45) is 7.77. The van der Waals surface area contributed by atoms with Crippen LogP contribution in [0.2, 0.25) is 0 Å². The molecule has 0 aliphatic carbocycles. The number of anilines is 1. The summed E-state index contributed by atoms with van der Waals surface area (Å²) < 4.78 is 1.39. The molecule has 6 nitrogen and oxygen atoms in total. The number of rotatable bonds is 11. The van der Waals surface area contributed by atoms with Crippen LogP contribution in [0.1, 0.15) is 57.1 Å². The Hall–Kier alpha value is -3.28. The zero-order valence-electron chi connectivity index (χ0n) is 17.9. The smallest absolute Gasteiger partial charge is 0.327 e. The first-order valence-corrected chi connectivity index (χ1v) is 10.9. The van der Waals surface area contributed by atoms with Gasteiger partial charge in [-0.3, -0.25) is 4.79 Å². The highest BCUT2D eigenvalue weighted by Gasteiger charge is 2.24. The van der Waals surface area contributed by atoms with Crippen molar-refractivity contribution in [2.75, 3.05) is 5.32 Å². The Kier molecular flexibility index (Phi) is 7.70. The van der Waals surface area contributed by atoms with E-state index < -0.39 is 12.0 Å². The largest absolute Gasteiger partial charge is 0.494 e. The fourth-order valence-electron chi connectivity index (χ4n) is 3.78. The number of fused-ring (bicyclic) bond motifs is 1. The molecule has 0 radical (unpaired) electrons. The molecule has 1 aromatic heterocycles. The summed E-state index contributed by atoms with van der Waals surface area (Å²) >= 11 is 0. The number of hydrogen-bond donors (Lipinski definition) is 3. The number of benzene rings is 2. The summed E-state index contributed by atoms with van der Waals surface area (Å²) in [5, 5.41) is 24.6. The van der Waals surface area contributed by atoms with E-state index in [0.717, 1.165) is 30.2 Å². The molecule has 1 atom stereocenters. The van der Waals surface area contributed by atoms with Gasteiger partial charge in [-0.1, -0.05) is 69.0 Å². The minimum atomic E-state index is -1.02. The number of nitrogens with zero attached hydrogens (tertiary/aromatic N) is 1. The normalized spacial score (nSPS) is 12.0. The third-order valence-corrected chi connectivity index (χ3v) is 5.50. The van der Waals surface area contributed by atoms with Crippen LogP contribution in [0.3, 0.4) is 0 Å². The van der Waals surface area contributed by atoms with Crippen molar-refractivity contribution < 1.29 is 19.8 Å². The molecular weight excluding hydrogens is 392 g/mol. The van der Waals surface area contributed by atoms with Crippen molar-refractivity contribution >= 4 is 28.3 Å². The van der Waals surface area contributed by atoms with Crippen molar-refractivity contribution in [3.63, 3.8) is 0 Å². The van der Waals surface area contributed by atoms with E-state index in [1.54, 1.807) is 24.4 Å². The number of amides is 1. The van der Waals surface area contributed by atoms with Crippen molar-refractivity contribution in [1.82, 2.24) is 4.57 Å². The molecule has 3 N–H and O–H groups in total. The van der Waals surface area contributed by atoms with E-state index in [0.29, 0.717) is 17.5 Å². The van der Waals surface area contributed by atoms with E-state index in [4.69, 9.17) is 0 Å². The lowest BCUT2D eigenvalue weighted by Gasteiger charge is -2.15. The van der Waals surface area contributed by atoms with E-state index in [2.05, 4.69) is 12.2 Å². The number of carboxylic acid groups (broad SMARTS) is 1. The van der Waals surface area contributed by atoms with Crippen LogP contribution in [0.4, 0.5) is 5.69 Å². The Labute approximate surface area is 182 Å². The number of aromatic hydroxyl groups is 1. The maximum Gasteiger partial charge on any atom is 0.327 e. The SMILES string of the molecule is CCCCCCCC(=O)Nc1ccc2cn([C@@H](Cc3ccccc3)C(=O)O)c(O)c2c1. The van der Waals surface area contributed by atoms with Crippen LogP contribution in [-0.2, 0) is 16.0 Å². The Morgan fingerprint density at radius 2 is 1.77 bits per heavy atom. The van der Waals surface area contributed by atoms with E-state index in [1.807, 2.05) is 30.3 Å². The number of unbranched alkanes of at least 4 members (excludes halogenated alkanes) is 4. The molecule has 3 rings (SSSR count). The highest BCUT2D eigenvalue weighted by molar-refractivity contribution is 5.96. The first kappa shape index (κ1) is 22.4. The quantitative estimate of drug-likeness (QED) is 0.355. The van der Waals surface area contributed by atoms with Gasteiger partial charge < -0.3 is 20.1 Å². The maximum absolute atomic E-state index is 12.2. The molecule has 0 spiro atoms. The van der Waals surface area contributed by atoms with Crippen LogP contribution >= 0.6 is 0 Å². The summed E-state index contributed by atoms with van der Waals surface area (Å²) in [5.74, 6) is -1.19. The number of aliphatic carboxylic acids is 1. The highest BCUT2D eigenvalue weighted by Crippen LogP contribution is 2.33. The van der Waals surface area contributed by atoms with Crippen LogP contribution in [0.15, 0.2) is 54.7 Å². The van der Waals surface area contributed by atoms with Crippen molar-refractivity contribution in [2.45, 2.75) is 57.9 Å². The molecule has 3 aromatic rings. The summed E-state index contributed by atoms with van der Waals surface area (Å²) in [6, 6.07) is 13.6. The predicted octanol–water partition coefficient (Wildman–Crippen LogP) is 5.51. The topological polar surface area (TPSA) is 91.6 Å². The lowest BCUT2D eigenvalue weighted by atomic mass is 10.1. The first-order valence-electron chi connectivity index (χ1n) is 10.9. The standard InChI is InChI=1S/C25H30N2O4/c1-2-3-4-5-9-12-23(28)26-20-14-13-19-17-27(24(29)21(19)16-20)22(25(30)31)15-18-10-7-6-8-11-18/h6-8,10-11,13-14,16-17,22,29H,2-5,9,12,15H2,1H3,(H,26,28)(H,30,31)/t22-/m0/s1. The summed E-state index contributed by atoms with van der Waals surface area (Å²) in [5.41, 5.74) is 1.47. The fraction of sp³-hybridized carbons (Fsp3) is 0.360. The Balaban J connectivity index is 1.74. The van der Waals surface area contributed by atoms with Gasteiger partial charge in [-0.05, 0) is 24.1 Å². The molecule has 6 heteroatoms. The highest BCUT2D eigenvalue weighted by atomic mass is 16.4. The van der Waals surface area contributed by atoms with Gasteiger partial charge in [0.05, 0.1) is 0 Å². The zero-order chi connectivity index (χ0) is 22.2. The maximum atomic E-state index is 12.2. The second-order valence-electron chi connectivity index (χ2n) is 7.92. The number of nitrogens with one attached hydrogen (secondary N) is 1. The van der Waals surface area contributed by atoms with Gasteiger partial charge in [0.15, 0.2) is 5.88 Å². The first-order chi connectivity index (χ1) is 15.0. The van der Waals surface area contributed by atoms with E-state index >= 15 is 0 Å². The van der Waals surface area contributed by atoms with Crippen LogP contribution in [-0.4, -0.2) is 26.7 Å².